The molecule has 0 atom stereocenters. The molecule has 0 saturated heterocycles. The van der Waals surface area contributed by atoms with E-state index in [1.807, 2.05) is 0 Å². The number of esters is 1. The van der Waals surface area contributed by atoms with Crippen molar-refractivity contribution in [2.45, 2.75) is 19.8 Å². The van der Waals surface area contributed by atoms with E-state index < -0.39 is 0 Å². The van der Waals surface area contributed by atoms with Crippen LogP contribution in [-0.4, -0.2) is 49.6 Å². The quantitative estimate of drug-likeness (QED) is 0.553. The van der Waals surface area contributed by atoms with E-state index in [-0.39, 0.29) is 30.9 Å². The number of benzene rings is 1. The number of methoxy groups -OCH3 is 1. The van der Waals surface area contributed by atoms with Crippen LogP contribution in [0.1, 0.15) is 19.8 Å². The van der Waals surface area contributed by atoms with Crippen LogP contribution in [0.4, 0.5) is 10.5 Å². The number of ether oxygens (including phenoxy) is 1. The van der Waals surface area contributed by atoms with Crippen molar-refractivity contribution in [2.75, 3.05) is 32.1 Å². The molecule has 0 unspecified atom stereocenters. The number of nitrogens with one attached hydrogen (secondary N) is 2. The van der Waals surface area contributed by atoms with E-state index in [2.05, 4.69) is 15.4 Å². The Morgan fingerprint density at radius 1 is 1.17 bits per heavy atom. The standard InChI is InChI=1S/C16H22ClN3O4/c1-12(21)18-9-3-10-20(11-8-15(22)24-2)16(23)19-14-6-4-13(17)5-7-14/h4-7H,3,8-11H2,1-2H3,(H,18,21)(H,19,23). The lowest BCUT2D eigenvalue weighted by atomic mass is 10.3. The van der Waals surface area contributed by atoms with Crippen LogP contribution in [0.5, 0.6) is 0 Å². The second kappa shape index (κ2) is 10.5. The van der Waals surface area contributed by atoms with Gasteiger partial charge in [-0.2, -0.15) is 0 Å². The summed E-state index contributed by atoms with van der Waals surface area (Å²) in [6, 6.07) is 6.40. The molecule has 24 heavy (non-hydrogen) atoms. The summed E-state index contributed by atoms with van der Waals surface area (Å²) in [5.74, 6) is -0.511. The second-order valence-corrected chi connectivity index (χ2v) is 5.52. The molecule has 0 aromatic heterocycles. The Hall–Kier alpha value is -2.28. The predicted octanol–water partition coefficient (Wildman–Crippen LogP) is 2.26. The SMILES string of the molecule is COC(=O)CCN(CCCNC(C)=O)C(=O)Nc1ccc(Cl)cc1. The van der Waals surface area contributed by atoms with E-state index in [1.165, 1.54) is 18.9 Å². The van der Waals surface area contributed by atoms with Gasteiger partial charge in [-0.15, -0.1) is 0 Å². The zero-order valence-corrected chi connectivity index (χ0v) is 14.6. The first-order valence-corrected chi connectivity index (χ1v) is 7.93. The fraction of sp³-hybridized carbons (Fsp3) is 0.438. The first kappa shape index (κ1) is 19.8. The average Bonchev–Trinajstić information content (AvgIpc) is 2.55. The molecule has 0 fully saturated rings. The molecule has 1 aromatic rings. The normalized spacial score (nSPS) is 9.96. The molecular formula is C16H22ClN3O4. The highest BCUT2D eigenvalue weighted by Crippen LogP contribution is 2.14. The molecule has 0 radical (unpaired) electrons. The van der Waals surface area contributed by atoms with Gasteiger partial charge in [0.05, 0.1) is 13.5 Å². The Balaban J connectivity index is 2.59. The highest BCUT2D eigenvalue weighted by atomic mass is 35.5. The van der Waals surface area contributed by atoms with E-state index in [4.69, 9.17) is 11.6 Å². The van der Waals surface area contributed by atoms with Crippen LogP contribution < -0.4 is 10.6 Å². The van der Waals surface area contributed by atoms with E-state index >= 15 is 0 Å². The Labute approximate surface area is 146 Å². The lowest BCUT2D eigenvalue weighted by Crippen LogP contribution is -2.38. The molecule has 1 aromatic carbocycles. The van der Waals surface area contributed by atoms with Gasteiger partial charge in [-0.3, -0.25) is 9.59 Å². The number of carbonyl (C=O) groups excluding carboxylic acids is 3. The van der Waals surface area contributed by atoms with Crippen LogP contribution in [0, 0.1) is 0 Å². The van der Waals surface area contributed by atoms with Crippen molar-refractivity contribution in [3.63, 3.8) is 0 Å². The van der Waals surface area contributed by atoms with E-state index in [9.17, 15) is 14.4 Å². The largest absolute Gasteiger partial charge is 0.469 e. The first-order valence-electron chi connectivity index (χ1n) is 7.55. The monoisotopic (exact) mass is 355 g/mol. The van der Waals surface area contributed by atoms with E-state index in [0.717, 1.165) is 0 Å². The third kappa shape index (κ3) is 7.82. The Morgan fingerprint density at radius 3 is 2.42 bits per heavy atom. The van der Waals surface area contributed by atoms with Crippen LogP contribution in [0.25, 0.3) is 0 Å². The van der Waals surface area contributed by atoms with Gasteiger partial charge in [-0.25, -0.2) is 4.79 Å². The average molecular weight is 356 g/mol. The van der Waals surface area contributed by atoms with Gasteiger partial charge in [0.2, 0.25) is 5.91 Å². The van der Waals surface area contributed by atoms with Gasteiger partial charge in [-0.05, 0) is 30.7 Å². The van der Waals surface area contributed by atoms with E-state index in [1.54, 1.807) is 24.3 Å². The molecule has 2 N–H and O–H groups in total. The van der Waals surface area contributed by atoms with E-state index in [0.29, 0.717) is 30.2 Å². The molecule has 0 spiro atoms. The first-order chi connectivity index (χ1) is 11.4. The zero-order valence-electron chi connectivity index (χ0n) is 13.8. The molecule has 0 aliphatic carbocycles. The molecule has 0 bridgehead atoms. The number of amides is 3. The number of hydrogen-bond donors (Lipinski definition) is 2. The predicted molar refractivity (Wildman–Crippen MR) is 92.0 cm³/mol. The van der Waals surface area contributed by atoms with Gasteiger partial charge in [-0.1, -0.05) is 11.6 Å². The number of urea groups is 1. The van der Waals surface area contributed by atoms with Gasteiger partial charge in [0.25, 0.3) is 0 Å². The molecule has 0 saturated carbocycles. The van der Waals surface area contributed by atoms with Crippen molar-refractivity contribution in [3.8, 4) is 0 Å². The van der Waals surface area contributed by atoms with Gasteiger partial charge in [0.15, 0.2) is 0 Å². The smallest absolute Gasteiger partial charge is 0.321 e. The highest BCUT2D eigenvalue weighted by Gasteiger charge is 2.15. The third-order valence-corrected chi connectivity index (χ3v) is 3.43. The molecule has 8 heteroatoms. The maximum absolute atomic E-state index is 12.4. The fourth-order valence-corrected chi connectivity index (χ4v) is 2.04. The number of halogens is 1. The van der Waals surface area contributed by atoms with Crippen LogP contribution in [0.3, 0.4) is 0 Å². The maximum atomic E-state index is 12.4. The Bertz CT molecular complexity index is 563. The summed E-state index contributed by atoms with van der Waals surface area (Å²) in [5.41, 5.74) is 0.606. The van der Waals surface area contributed by atoms with Gasteiger partial charge < -0.3 is 20.3 Å². The summed E-state index contributed by atoms with van der Waals surface area (Å²) in [5, 5.41) is 5.99. The van der Waals surface area contributed by atoms with Crippen molar-refractivity contribution in [1.29, 1.82) is 0 Å². The van der Waals surface area contributed by atoms with Crippen molar-refractivity contribution in [2.24, 2.45) is 0 Å². The number of nitrogens with zero attached hydrogens (tertiary/aromatic N) is 1. The molecule has 3 amide bonds. The highest BCUT2D eigenvalue weighted by molar-refractivity contribution is 6.30. The lowest BCUT2D eigenvalue weighted by molar-refractivity contribution is -0.140. The van der Waals surface area contributed by atoms with Crippen molar-refractivity contribution < 1.29 is 19.1 Å². The Kier molecular flexibility index (Phi) is 8.64. The van der Waals surface area contributed by atoms with Gasteiger partial charge in [0, 0.05) is 37.3 Å². The summed E-state index contributed by atoms with van der Waals surface area (Å²) < 4.78 is 4.60. The van der Waals surface area contributed by atoms with Crippen molar-refractivity contribution in [1.82, 2.24) is 10.2 Å². The third-order valence-electron chi connectivity index (χ3n) is 3.17. The number of rotatable bonds is 8. The van der Waals surface area contributed by atoms with Crippen LogP contribution in [0.15, 0.2) is 24.3 Å². The minimum absolute atomic E-state index is 0.102. The molecule has 0 aliphatic heterocycles. The number of anilines is 1. The number of hydrogen-bond acceptors (Lipinski definition) is 4. The molecular weight excluding hydrogens is 334 g/mol. The van der Waals surface area contributed by atoms with Crippen LogP contribution in [0.2, 0.25) is 5.02 Å². The lowest BCUT2D eigenvalue weighted by Gasteiger charge is -2.23. The fourth-order valence-electron chi connectivity index (χ4n) is 1.91. The molecule has 1 rings (SSSR count). The zero-order chi connectivity index (χ0) is 17.9. The summed E-state index contributed by atoms with van der Waals surface area (Å²) >= 11 is 5.81. The summed E-state index contributed by atoms with van der Waals surface area (Å²) in [6.45, 7) is 2.52. The van der Waals surface area contributed by atoms with Crippen LogP contribution >= 0.6 is 11.6 Å². The summed E-state index contributed by atoms with van der Waals surface area (Å²) in [6.07, 6.45) is 0.680. The Morgan fingerprint density at radius 2 is 1.83 bits per heavy atom. The van der Waals surface area contributed by atoms with Crippen LogP contribution in [-0.2, 0) is 14.3 Å². The molecule has 0 aliphatic rings. The summed E-state index contributed by atoms with van der Waals surface area (Å²) in [4.78, 5) is 36.0. The van der Waals surface area contributed by atoms with Crippen molar-refractivity contribution >= 4 is 35.2 Å². The minimum atomic E-state index is -0.388. The number of carbonyl (C=O) groups is 3. The second-order valence-electron chi connectivity index (χ2n) is 5.09. The maximum Gasteiger partial charge on any atom is 0.321 e. The van der Waals surface area contributed by atoms with Crippen molar-refractivity contribution in [3.05, 3.63) is 29.3 Å². The molecule has 7 nitrogen and oxygen atoms in total. The minimum Gasteiger partial charge on any atom is -0.469 e. The topological polar surface area (TPSA) is 87.7 Å². The molecule has 0 heterocycles. The van der Waals surface area contributed by atoms with Gasteiger partial charge in [0.1, 0.15) is 0 Å². The molecule has 132 valence electrons. The van der Waals surface area contributed by atoms with Gasteiger partial charge >= 0.3 is 12.0 Å². The summed E-state index contributed by atoms with van der Waals surface area (Å²) in [7, 11) is 1.30.